The van der Waals surface area contributed by atoms with Crippen LogP contribution in [0.3, 0.4) is 0 Å². The van der Waals surface area contributed by atoms with Crippen LogP contribution >= 0.6 is 0 Å². The molecule has 2 aromatic heterocycles. The van der Waals surface area contributed by atoms with Crippen molar-refractivity contribution in [1.82, 2.24) is 9.97 Å². The summed E-state index contributed by atoms with van der Waals surface area (Å²) in [5.41, 5.74) is 8.65. The molecule has 0 unspecified atom stereocenters. The Labute approximate surface area is 204 Å². The van der Waals surface area contributed by atoms with Crippen molar-refractivity contribution in [3.8, 4) is 50.5 Å². The molecular formula is C32H21N2O. The summed E-state index contributed by atoms with van der Waals surface area (Å²) >= 11 is 0. The van der Waals surface area contributed by atoms with Crippen LogP contribution in [-0.4, -0.2) is 15.1 Å². The minimum Gasteiger partial charge on any atom is -0.493 e. The van der Waals surface area contributed by atoms with Gasteiger partial charge in [0, 0.05) is 22.9 Å². The Morgan fingerprint density at radius 2 is 1.23 bits per heavy atom. The summed E-state index contributed by atoms with van der Waals surface area (Å²) in [7, 11) is 0. The first kappa shape index (κ1) is 20.8. The van der Waals surface area contributed by atoms with Gasteiger partial charge < -0.3 is 5.11 Å². The largest absolute Gasteiger partial charge is 0.493 e. The van der Waals surface area contributed by atoms with E-state index in [-0.39, 0.29) is 5.88 Å². The highest BCUT2D eigenvalue weighted by Crippen LogP contribution is 2.39. The van der Waals surface area contributed by atoms with Crippen LogP contribution in [0.1, 0.15) is 0 Å². The molecule has 0 aliphatic rings. The Morgan fingerprint density at radius 3 is 1.97 bits per heavy atom. The number of hydrogen-bond donors (Lipinski definition) is 1. The molecule has 2 heterocycles. The lowest BCUT2D eigenvalue weighted by atomic mass is 9.95. The number of benzene rings is 4. The van der Waals surface area contributed by atoms with E-state index in [9.17, 15) is 5.11 Å². The summed E-state index contributed by atoms with van der Waals surface area (Å²) in [6.07, 6.45) is 1.71. The summed E-state index contributed by atoms with van der Waals surface area (Å²) in [6.45, 7) is 0. The third-order valence-electron chi connectivity index (χ3n) is 6.19. The average molecular weight is 450 g/mol. The van der Waals surface area contributed by atoms with Crippen LogP contribution in [0.25, 0.3) is 55.5 Å². The molecule has 4 aromatic carbocycles. The van der Waals surface area contributed by atoms with Gasteiger partial charge in [-0.05, 0) is 40.5 Å². The average Bonchev–Trinajstić information content (AvgIpc) is 2.94. The van der Waals surface area contributed by atoms with Crippen LogP contribution in [0.5, 0.6) is 5.88 Å². The zero-order chi connectivity index (χ0) is 23.6. The molecule has 0 aliphatic heterocycles. The zero-order valence-corrected chi connectivity index (χ0v) is 18.9. The number of nitrogens with zero attached hydrogens (tertiary/aromatic N) is 2. The van der Waals surface area contributed by atoms with E-state index < -0.39 is 0 Å². The van der Waals surface area contributed by atoms with Crippen LogP contribution in [0, 0.1) is 6.07 Å². The predicted molar refractivity (Wildman–Crippen MR) is 142 cm³/mol. The molecular weight excluding hydrogens is 428 g/mol. The molecule has 165 valence electrons. The van der Waals surface area contributed by atoms with Gasteiger partial charge in [0.25, 0.3) is 0 Å². The Hall–Kier alpha value is -4.76. The van der Waals surface area contributed by atoms with Crippen molar-refractivity contribution in [2.45, 2.75) is 0 Å². The third-order valence-corrected chi connectivity index (χ3v) is 6.19. The van der Waals surface area contributed by atoms with E-state index in [1.807, 2.05) is 72.8 Å². The maximum Gasteiger partial charge on any atom is 0.220 e. The van der Waals surface area contributed by atoms with Gasteiger partial charge in [-0.25, -0.2) is 9.97 Å². The van der Waals surface area contributed by atoms with Crippen molar-refractivity contribution in [1.29, 1.82) is 0 Å². The number of aromatic hydroxyl groups is 1. The molecule has 0 spiro atoms. The van der Waals surface area contributed by atoms with Crippen LogP contribution < -0.4 is 0 Å². The maximum atomic E-state index is 10.8. The van der Waals surface area contributed by atoms with Crippen LogP contribution in [0.2, 0.25) is 0 Å². The summed E-state index contributed by atoms with van der Waals surface area (Å²) in [4.78, 5) is 9.48. The first-order valence-electron chi connectivity index (χ1n) is 11.5. The highest BCUT2D eigenvalue weighted by Gasteiger charge is 2.17. The Morgan fingerprint density at radius 1 is 0.571 bits per heavy atom. The molecule has 1 N–H and O–H groups in total. The van der Waals surface area contributed by atoms with Crippen molar-refractivity contribution in [3.63, 3.8) is 0 Å². The van der Waals surface area contributed by atoms with E-state index in [4.69, 9.17) is 4.98 Å². The molecule has 35 heavy (non-hydrogen) atoms. The van der Waals surface area contributed by atoms with Crippen LogP contribution in [0.15, 0.2) is 121 Å². The number of aromatic nitrogens is 2. The van der Waals surface area contributed by atoms with E-state index in [1.54, 1.807) is 6.20 Å². The monoisotopic (exact) mass is 449 g/mol. The molecule has 6 rings (SSSR count). The second kappa shape index (κ2) is 8.88. The van der Waals surface area contributed by atoms with Gasteiger partial charge in [-0.2, -0.15) is 0 Å². The fourth-order valence-corrected chi connectivity index (χ4v) is 4.46. The van der Waals surface area contributed by atoms with Gasteiger partial charge in [-0.3, -0.25) is 0 Å². The molecule has 6 aromatic rings. The third kappa shape index (κ3) is 3.94. The molecule has 0 bridgehead atoms. The van der Waals surface area contributed by atoms with Gasteiger partial charge in [-0.15, -0.1) is 0 Å². The van der Waals surface area contributed by atoms with Gasteiger partial charge in [0.15, 0.2) is 0 Å². The lowest BCUT2D eigenvalue weighted by Gasteiger charge is -2.15. The second-order valence-corrected chi connectivity index (χ2v) is 8.38. The highest BCUT2D eigenvalue weighted by molar-refractivity contribution is 6.01. The predicted octanol–water partition coefficient (Wildman–Crippen LogP) is 7.80. The fraction of sp³-hybridized carbons (Fsp3) is 0. The molecule has 0 amide bonds. The van der Waals surface area contributed by atoms with Crippen molar-refractivity contribution >= 4 is 10.9 Å². The van der Waals surface area contributed by atoms with E-state index in [2.05, 4.69) is 53.5 Å². The summed E-state index contributed by atoms with van der Waals surface area (Å²) in [5.74, 6) is -0.0272. The van der Waals surface area contributed by atoms with Gasteiger partial charge in [0.1, 0.15) is 0 Å². The maximum absolute atomic E-state index is 10.8. The molecule has 3 heteroatoms. The molecule has 3 nitrogen and oxygen atoms in total. The van der Waals surface area contributed by atoms with Gasteiger partial charge in [0.2, 0.25) is 5.88 Å². The van der Waals surface area contributed by atoms with E-state index in [1.165, 1.54) is 0 Å². The van der Waals surface area contributed by atoms with Crippen molar-refractivity contribution in [3.05, 3.63) is 128 Å². The fourth-order valence-electron chi connectivity index (χ4n) is 4.46. The number of pyridine rings is 2. The van der Waals surface area contributed by atoms with Crippen LogP contribution in [0.4, 0.5) is 0 Å². The normalized spacial score (nSPS) is 11.0. The molecule has 1 radical (unpaired) electrons. The summed E-state index contributed by atoms with van der Waals surface area (Å²) < 4.78 is 0. The molecule has 0 aliphatic carbocycles. The Bertz CT molecular complexity index is 1630. The lowest BCUT2D eigenvalue weighted by molar-refractivity contribution is 0.460. The van der Waals surface area contributed by atoms with Crippen molar-refractivity contribution in [2.24, 2.45) is 0 Å². The van der Waals surface area contributed by atoms with E-state index in [0.717, 1.165) is 44.6 Å². The first-order valence-corrected chi connectivity index (χ1v) is 11.5. The Kier molecular flexibility index (Phi) is 5.28. The number of hydrogen-bond acceptors (Lipinski definition) is 3. The standard InChI is InChI=1S/C32H21N2O/c35-32-28-20-27(23-13-6-2-7-14-23)30(24-15-8-3-9-16-24)34-31(28)29(21-33-32)26-18-10-17-25(19-26)22-11-4-1-5-12-22/h1-2,4-21H,(H,33,35). The first-order chi connectivity index (χ1) is 17.3. The number of fused-ring (bicyclic) bond motifs is 1. The molecule has 0 saturated heterocycles. The SMILES string of the molecule is Oc1ncc(-c2cccc(-c3ccccc3)c2)c2nc(-c3cc[c]cc3)c(-c3ccccc3)cc12. The Balaban J connectivity index is 1.62. The van der Waals surface area contributed by atoms with Gasteiger partial charge in [0.05, 0.1) is 16.6 Å². The topological polar surface area (TPSA) is 46.0 Å². The molecule has 0 saturated carbocycles. The van der Waals surface area contributed by atoms with Crippen molar-refractivity contribution < 1.29 is 5.11 Å². The zero-order valence-electron chi connectivity index (χ0n) is 18.9. The van der Waals surface area contributed by atoms with Gasteiger partial charge in [-0.1, -0.05) is 103 Å². The minimum absolute atomic E-state index is 0.0272. The number of rotatable bonds is 4. The van der Waals surface area contributed by atoms with Gasteiger partial charge >= 0.3 is 0 Å². The summed E-state index contributed by atoms with van der Waals surface area (Å²) in [5, 5.41) is 11.4. The van der Waals surface area contributed by atoms with E-state index >= 15 is 0 Å². The smallest absolute Gasteiger partial charge is 0.220 e. The summed E-state index contributed by atoms with van der Waals surface area (Å²) in [6, 6.07) is 41.6. The molecule has 0 fully saturated rings. The second-order valence-electron chi connectivity index (χ2n) is 8.38. The molecule has 0 atom stereocenters. The quantitative estimate of drug-likeness (QED) is 0.299. The van der Waals surface area contributed by atoms with Crippen molar-refractivity contribution in [2.75, 3.05) is 0 Å². The lowest BCUT2D eigenvalue weighted by Crippen LogP contribution is -1.95. The minimum atomic E-state index is -0.0272. The highest BCUT2D eigenvalue weighted by atomic mass is 16.3. The van der Waals surface area contributed by atoms with Crippen LogP contribution in [-0.2, 0) is 0 Å². The van der Waals surface area contributed by atoms with E-state index in [0.29, 0.717) is 10.9 Å².